The van der Waals surface area contributed by atoms with Crippen molar-refractivity contribution in [2.75, 3.05) is 7.11 Å². The number of benzene rings is 1. The van der Waals surface area contributed by atoms with E-state index >= 15 is 0 Å². The van der Waals surface area contributed by atoms with Crippen molar-refractivity contribution in [3.63, 3.8) is 0 Å². The van der Waals surface area contributed by atoms with Crippen LogP contribution in [0.25, 0.3) is 0 Å². The minimum atomic E-state index is -4.67. The first kappa shape index (κ1) is 20.4. The van der Waals surface area contributed by atoms with E-state index in [0.29, 0.717) is 11.3 Å². The average Bonchev–Trinajstić information content (AvgIpc) is 2.66. The lowest BCUT2D eigenvalue weighted by Crippen LogP contribution is -2.46. The van der Waals surface area contributed by atoms with Gasteiger partial charge < -0.3 is 15.2 Å². The van der Waals surface area contributed by atoms with E-state index in [-0.39, 0.29) is 11.4 Å². The molecule has 0 bridgehead atoms. The third-order valence-corrected chi connectivity index (χ3v) is 4.30. The Morgan fingerprint density at radius 3 is 2.55 bits per heavy atom. The molecular formula is C19H16F4N4O2. The standard InChI is InChI=1S/C19H16F4N4O2/c1-18(8-15(19(21,22)23)29-17(24)27-18)13-7-11(3-5-14(13)20)4-6-16-25-9-12(28-2)10-26-16/h3,5,7,9-10,15H,8H2,1-2H3,(H2,24,27)/t15-,18-/m0/s1. The molecule has 0 aliphatic carbocycles. The number of hydrogen-bond donors (Lipinski definition) is 1. The van der Waals surface area contributed by atoms with E-state index in [2.05, 4.69) is 31.5 Å². The summed E-state index contributed by atoms with van der Waals surface area (Å²) in [6.07, 6.45) is -4.60. The van der Waals surface area contributed by atoms with Crippen LogP contribution in [0, 0.1) is 17.7 Å². The summed E-state index contributed by atoms with van der Waals surface area (Å²) in [6.45, 7) is 1.36. The first-order chi connectivity index (χ1) is 13.6. The Hall–Kier alpha value is -3.35. The van der Waals surface area contributed by atoms with Crippen LogP contribution in [0.4, 0.5) is 17.6 Å². The van der Waals surface area contributed by atoms with Crippen molar-refractivity contribution in [1.82, 2.24) is 9.97 Å². The van der Waals surface area contributed by atoms with Gasteiger partial charge in [0.05, 0.1) is 25.0 Å². The molecule has 1 aliphatic rings. The Morgan fingerprint density at radius 1 is 1.24 bits per heavy atom. The number of aromatic nitrogens is 2. The first-order valence-electron chi connectivity index (χ1n) is 8.37. The van der Waals surface area contributed by atoms with Crippen molar-refractivity contribution < 1.29 is 27.0 Å². The van der Waals surface area contributed by atoms with Gasteiger partial charge in [-0.25, -0.2) is 19.4 Å². The molecule has 6 nitrogen and oxygen atoms in total. The molecular weight excluding hydrogens is 392 g/mol. The van der Waals surface area contributed by atoms with E-state index in [0.717, 1.165) is 6.07 Å². The molecule has 0 unspecified atom stereocenters. The van der Waals surface area contributed by atoms with Gasteiger partial charge in [-0.05, 0) is 31.0 Å². The summed E-state index contributed by atoms with van der Waals surface area (Å²) < 4.78 is 63.4. The Kier molecular flexibility index (Phi) is 5.33. The highest BCUT2D eigenvalue weighted by atomic mass is 19.4. The molecule has 0 saturated heterocycles. The summed E-state index contributed by atoms with van der Waals surface area (Å²) >= 11 is 0. The summed E-state index contributed by atoms with van der Waals surface area (Å²) in [5.41, 5.74) is 4.15. The van der Waals surface area contributed by atoms with Crippen LogP contribution in [0.1, 0.15) is 30.3 Å². The summed E-state index contributed by atoms with van der Waals surface area (Å²) in [7, 11) is 1.47. The van der Waals surface area contributed by atoms with Crippen LogP contribution in [0.5, 0.6) is 5.75 Å². The molecule has 0 fully saturated rings. The maximum atomic E-state index is 14.5. The van der Waals surface area contributed by atoms with Crippen molar-refractivity contribution >= 4 is 6.02 Å². The van der Waals surface area contributed by atoms with Gasteiger partial charge >= 0.3 is 6.18 Å². The molecule has 2 atom stereocenters. The van der Waals surface area contributed by atoms with Gasteiger partial charge in [0.1, 0.15) is 5.82 Å². The minimum Gasteiger partial charge on any atom is -0.494 e. The second-order valence-electron chi connectivity index (χ2n) is 6.47. The largest absolute Gasteiger partial charge is 0.494 e. The fourth-order valence-electron chi connectivity index (χ4n) is 2.85. The molecule has 0 saturated carbocycles. The second-order valence-corrected chi connectivity index (χ2v) is 6.47. The van der Waals surface area contributed by atoms with E-state index in [1.165, 1.54) is 38.6 Å². The van der Waals surface area contributed by atoms with Gasteiger partial charge in [0.15, 0.2) is 11.9 Å². The van der Waals surface area contributed by atoms with Crippen LogP contribution in [0.2, 0.25) is 0 Å². The predicted molar refractivity (Wildman–Crippen MR) is 95.5 cm³/mol. The van der Waals surface area contributed by atoms with E-state index in [9.17, 15) is 17.6 Å². The maximum absolute atomic E-state index is 14.5. The lowest BCUT2D eigenvalue weighted by Gasteiger charge is -2.35. The van der Waals surface area contributed by atoms with Crippen LogP contribution in [-0.4, -0.2) is 35.4 Å². The summed E-state index contributed by atoms with van der Waals surface area (Å²) in [4.78, 5) is 11.9. The van der Waals surface area contributed by atoms with Crippen LogP contribution in [-0.2, 0) is 10.3 Å². The summed E-state index contributed by atoms with van der Waals surface area (Å²) in [6, 6.07) is 3.19. The highest BCUT2D eigenvalue weighted by Gasteiger charge is 2.50. The normalized spacial score (nSPS) is 21.4. The smallest absolute Gasteiger partial charge is 0.425 e. The molecule has 0 amide bonds. The zero-order valence-corrected chi connectivity index (χ0v) is 15.4. The molecule has 29 heavy (non-hydrogen) atoms. The van der Waals surface area contributed by atoms with Gasteiger partial charge in [0.25, 0.3) is 6.02 Å². The Labute approximate surface area is 163 Å². The van der Waals surface area contributed by atoms with Gasteiger partial charge in [-0.1, -0.05) is 5.92 Å². The van der Waals surface area contributed by atoms with E-state index in [1.807, 2.05) is 0 Å². The van der Waals surface area contributed by atoms with Crippen LogP contribution in [0.15, 0.2) is 35.6 Å². The monoisotopic (exact) mass is 408 g/mol. The number of aliphatic imine (C=N–C) groups is 1. The molecule has 1 aromatic heterocycles. The number of nitrogens with zero attached hydrogens (tertiary/aromatic N) is 3. The number of hydrogen-bond acceptors (Lipinski definition) is 6. The highest BCUT2D eigenvalue weighted by Crippen LogP contribution is 2.40. The van der Waals surface area contributed by atoms with Gasteiger partial charge in [0, 0.05) is 17.5 Å². The Bertz CT molecular complexity index is 996. The molecule has 10 heteroatoms. The third kappa shape index (κ3) is 4.56. The maximum Gasteiger partial charge on any atom is 0.425 e. The van der Waals surface area contributed by atoms with Crippen LogP contribution < -0.4 is 10.5 Å². The molecule has 1 aromatic carbocycles. The number of nitrogens with two attached hydrogens (primary N) is 1. The molecule has 0 spiro atoms. The van der Waals surface area contributed by atoms with Crippen molar-refractivity contribution in [1.29, 1.82) is 0 Å². The van der Waals surface area contributed by atoms with Crippen LogP contribution >= 0.6 is 0 Å². The number of rotatable bonds is 2. The number of methoxy groups -OCH3 is 1. The minimum absolute atomic E-state index is 0.0690. The van der Waals surface area contributed by atoms with Gasteiger partial charge in [0.2, 0.25) is 5.82 Å². The molecule has 0 radical (unpaired) electrons. The fourth-order valence-corrected chi connectivity index (χ4v) is 2.85. The lowest BCUT2D eigenvalue weighted by atomic mass is 9.85. The number of alkyl halides is 3. The predicted octanol–water partition coefficient (Wildman–Crippen LogP) is 2.91. The third-order valence-electron chi connectivity index (χ3n) is 4.30. The fraction of sp³-hybridized carbons (Fsp3) is 0.316. The van der Waals surface area contributed by atoms with E-state index in [4.69, 9.17) is 10.5 Å². The number of amidine groups is 1. The molecule has 1 aliphatic heterocycles. The summed E-state index contributed by atoms with van der Waals surface area (Å²) in [5, 5.41) is 0. The van der Waals surface area contributed by atoms with E-state index < -0.39 is 36.1 Å². The molecule has 2 N–H and O–H groups in total. The van der Waals surface area contributed by atoms with Crippen molar-refractivity contribution in [3.8, 4) is 17.6 Å². The van der Waals surface area contributed by atoms with Gasteiger partial charge in [-0.3, -0.25) is 0 Å². The Balaban J connectivity index is 1.95. The first-order valence-corrected chi connectivity index (χ1v) is 8.37. The van der Waals surface area contributed by atoms with Crippen molar-refractivity contribution in [2.45, 2.75) is 31.2 Å². The quantitative estimate of drug-likeness (QED) is 0.610. The topological polar surface area (TPSA) is 82.6 Å². The average molecular weight is 408 g/mol. The van der Waals surface area contributed by atoms with E-state index in [1.54, 1.807) is 0 Å². The number of ether oxygens (including phenoxy) is 2. The van der Waals surface area contributed by atoms with Crippen molar-refractivity contribution in [3.05, 3.63) is 53.4 Å². The zero-order chi connectivity index (χ0) is 21.2. The Morgan fingerprint density at radius 2 is 1.93 bits per heavy atom. The molecule has 3 rings (SSSR count). The molecule has 152 valence electrons. The van der Waals surface area contributed by atoms with Gasteiger partial charge in [-0.15, -0.1) is 0 Å². The molecule has 2 heterocycles. The molecule has 2 aromatic rings. The lowest BCUT2D eigenvalue weighted by molar-refractivity contribution is -0.208. The number of halogens is 4. The van der Waals surface area contributed by atoms with Crippen LogP contribution in [0.3, 0.4) is 0 Å². The SMILES string of the molecule is COc1cnc(C#Cc2ccc(F)c([C@]3(C)C[C@@H](C(F)(F)F)OC(N)=N3)c2)nc1. The van der Waals surface area contributed by atoms with Gasteiger partial charge in [-0.2, -0.15) is 13.2 Å². The van der Waals surface area contributed by atoms with Crippen molar-refractivity contribution in [2.24, 2.45) is 10.7 Å². The second kappa shape index (κ2) is 7.58. The zero-order valence-electron chi connectivity index (χ0n) is 15.4. The summed E-state index contributed by atoms with van der Waals surface area (Å²) in [5.74, 6) is 5.40. The highest BCUT2D eigenvalue weighted by molar-refractivity contribution is 5.73.